The molecule has 3 aromatic rings. The maximum absolute atomic E-state index is 14.1. The van der Waals surface area contributed by atoms with Crippen LogP contribution in [0, 0.1) is 17.5 Å². The zero-order chi connectivity index (χ0) is 30.3. The van der Waals surface area contributed by atoms with E-state index in [-0.39, 0.29) is 24.1 Å². The number of nitrogens with zero attached hydrogens (tertiary/aromatic N) is 2. The number of aliphatic imine (C=N–C) groups is 1. The van der Waals surface area contributed by atoms with Gasteiger partial charge in [0, 0.05) is 30.2 Å². The lowest BCUT2D eigenvalue weighted by Crippen LogP contribution is -2.37. The van der Waals surface area contributed by atoms with Crippen molar-refractivity contribution in [3.05, 3.63) is 101 Å². The van der Waals surface area contributed by atoms with Crippen LogP contribution in [0.25, 0.3) is 11.1 Å². The van der Waals surface area contributed by atoms with Crippen molar-refractivity contribution in [1.29, 1.82) is 0 Å². The highest BCUT2D eigenvalue weighted by atomic mass is 19.4. The van der Waals surface area contributed by atoms with E-state index in [1.54, 1.807) is 6.07 Å². The van der Waals surface area contributed by atoms with E-state index in [0.29, 0.717) is 29.6 Å². The highest BCUT2D eigenvalue weighted by Crippen LogP contribution is 2.31. The number of hydrogen-bond acceptors (Lipinski definition) is 5. The summed E-state index contributed by atoms with van der Waals surface area (Å²) in [5, 5.41) is 2.65. The first-order chi connectivity index (χ1) is 19.3. The number of primary amides is 1. The Bertz CT molecular complexity index is 1470. The van der Waals surface area contributed by atoms with Crippen LogP contribution in [0.4, 0.5) is 26.3 Å². The maximum Gasteiger partial charge on any atom is 0.419 e. The molecule has 0 aliphatic heterocycles. The summed E-state index contributed by atoms with van der Waals surface area (Å²) in [4.78, 5) is 33.0. The number of benzene rings is 2. The summed E-state index contributed by atoms with van der Waals surface area (Å²) in [5.74, 6) is -4.44. The monoisotopic (exact) mass is 577 g/mol. The lowest BCUT2D eigenvalue weighted by molar-refractivity contribution is -0.123. The Morgan fingerprint density at radius 3 is 2.34 bits per heavy atom. The maximum atomic E-state index is 14.1. The van der Waals surface area contributed by atoms with Gasteiger partial charge in [0.2, 0.25) is 5.91 Å². The molecule has 41 heavy (non-hydrogen) atoms. The molecule has 0 bridgehead atoms. The van der Waals surface area contributed by atoms with E-state index in [2.05, 4.69) is 15.3 Å². The molecule has 0 saturated carbocycles. The fourth-order valence-corrected chi connectivity index (χ4v) is 4.01. The first-order valence-electron chi connectivity index (χ1n) is 12.2. The van der Waals surface area contributed by atoms with E-state index in [1.165, 1.54) is 31.3 Å². The van der Waals surface area contributed by atoms with Gasteiger partial charge >= 0.3 is 6.18 Å². The molecule has 0 aliphatic rings. The van der Waals surface area contributed by atoms with E-state index in [9.17, 15) is 35.9 Å². The lowest BCUT2D eigenvalue weighted by atomic mass is 9.94. The summed E-state index contributed by atoms with van der Waals surface area (Å²) in [6, 6.07) is 7.01. The minimum absolute atomic E-state index is 0.00559. The number of hydrogen-bond donors (Lipinski definition) is 3. The molecule has 5 N–H and O–H groups in total. The fraction of sp³-hybridized carbons (Fsp3) is 0.214. The third kappa shape index (κ3) is 7.93. The quantitative estimate of drug-likeness (QED) is 0.234. The third-order valence-corrected chi connectivity index (χ3v) is 5.98. The van der Waals surface area contributed by atoms with E-state index < -0.39 is 58.7 Å². The van der Waals surface area contributed by atoms with Gasteiger partial charge in [-0.1, -0.05) is 19.1 Å². The number of nitrogens with two attached hydrogens (primary N) is 2. The van der Waals surface area contributed by atoms with E-state index in [1.807, 2.05) is 0 Å². The molecule has 13 heteroatoms. The Hall–Kier alpha value is -4.68. The van der Waals surface area contributed by atoms with Crippen LogP contribution in [0.5, 0.6) is 0 Å². The van der Waals surface area contributed by atoms with Crippen molar-refractivity contribution < 1.29 is 35.9 Å². The van der Waals surface area contributed by atoms with Crippen LogP contribution in [0.15, 0.2) is 71.5 Å². The van der Waals surface area contributed by atoms with Crippen molar-refractivity contribution >= 4 is 18.0 Å². The highest BCUT2D eigenvalue weighted by molar-refractivity contribution is 5.94. The van der Waals surface area contributed by atoms with Gasteiger partial charge in [0.25, 0.3) is 5.91 Å². The fourth-order valence-electron chi connectivity index (χ4n) is 4.01. The second-order valence-electron chi connectivity index (χ2n) is 8.86. The van der Waals surface area contributed by atoms with Crippen molar-refractivity contribution in [2.45, 2.75) is 38.0 Å². The standard InChI is InChI=1S/C28H25F6N5O2/c1-2-23(38-14-17(13-35)28(32,33)34)27(41)39-24(10-15-8-18(29)12-19(30)9-15)25-20(4-3-7-37-25)16-5-6-22(31)21(11-16)26(36)40/h3-9,11-14,23-24H,2,10,35H2,1H3,(H2,36,40)(H,39,41). The molecule has 1 heterocycles. The molecule has 1 aromatic heterocycles. The number of nitrogens with one attached hydrogen (secondary N) is 1. The van der Waals surface area contributed by atoms with Crippen molar-refractivity contribution in [2.75, 3.05) is 0 Å². The van der Waals surface area contributed by atoms with Gasteiger partial charge in [-0.2, -0.15) is 13.2 Å². The summed E-state index contributed by atoms with van der Waals surface area (Å²) < 4.78 is 81.3. The second-order valence-corrected chi connectivity index (χ2v) is 8.86. The van der Waals surface area contributed by atoms with Crippen LogP contribution in [0.3, 0.4) is 0 Å². The summed E-state index contributed by atoms with van der Waals surface area (Å²) in [6.07, 6.45) is -2.86. The molecule has 3 rings (SSSR count). The van der Waals surface area contributed by atoms with Gasteiger partial charge in [0.15, 0.2) is 0 Å². The predicted molar refractivity (Wildman–Crippen MR) is 140 cm³/mol. The Balaban J connectivity index is 2.07. The summed E-state index contributed by atoms with van der Waals surface area (Å²) in [5.41, 5.74) is 9.55. The van der Waals surface area contributed by atoms with E-state index in [4.69, 9.17) is 11.5 Å². The van der Waals surface area contributed by atoms with Crippen LogP contribution in [-0.4, -0.2) is 35.2 Å². The molecule has 2 aromatic carbocycles. The van der Waals surface area contributed by atoms with Crippen molar-refractivity contribution in [1.82, 2.24) is 10.3 Å². The third-order valence-electron chi connectivity index (χ3n) is 5.98. The molecule has 0 spiro atoms. The molecule has 2 unspecified atom stereocenters. The van der Waals surface area contributed by atoms with Gasteiger partial charge in [-0.3, -0.25) is 19.6 Å². The first kappa shape index (κ1) is 30.9. The Labute approximate surface area is 231 Å². The van der Waals surface area contributed by atoms with E-state index >= 15 is 0 Å². The Morgan fingerprint density at radius 1 is 1.07 bits per heavy atom. The number of carbonyl (C=O) groups is 2. The van der Waals surface area contributed by atoms with Gasteiger partial charge in [-0.05, 0) is 54.3 Å². The minimum atomic E-state index is -4.79. The molecule has 2 atom stereocenters. The van der Waals surface area contributed by atoms with Gasteiger partial charge in [-0.15, -0.1) is 0 Å². The summed E-state index contributed by atoms with van der Waals surface area (Å²) in [7, 11) is 0. The average Bonchev–Trinajstić information content (AvgIpc) is 2.89. The Morgan fingerprint density at radius 2 is 1.76 bits per heavy atom. The van der Waals surface area contributed by atoms with Crippen LogP contribution >= 0.6 is 0 Å². The van der Waals surface area contributed by atoms with Gasteiger partial charge in [-0.25, -0.2) is 13.2 Å². The number of halogens is 6. The van der Waals surface area contributed by atoms with Crippen LogP contribution in [0.2, 0.25) is 0 Å². The van der Waals surface area contributed by atoms with Crippen LogP contribution in [0.1, 0.15) is 41.0 Å². The van der Waals surface area contributed by atoms with Crippen molar-refractivity contribution in [3.63, 3.8) is 0 Å². The van der Waals surface area contributed by atoms with Gasteiger partial charge in [0.1, 0.15) is 23.5 Å². The van der Waals surface area contributed by atoms with Gasteiger partial charge in [0.05, 0.1) is 22.9 Å². The van der Waals surface area contributed by atoms with Crippen molar-refractivity contribution in [3.8, 4) is 11.1 Å². The first-order valence-corrected chi connectivity index (χ1v) is 12.2. The number of aromatic nitrogens is 1. The molecule has 216 valence electrons. The normalized spacial score (nSPS) is 13.7. The number of amides is 2. The molecule has 0 radical (unpaired) electrons. The minimum Gasteiger partial charge on any atom is -0.404 e. The molecule has 2 amide bonds. The van der Waals surface area contributed by atoms with E-state index in [0.717, 1.165) is 18.2 Å². The SMILES string of the molecule is CCC(N=CC(=CN)C(F)(F)F)C(=O)NC(Cc1cc(F)cc(F)c1)c1ncccc1-c1ccc(F)c(C(N)=O)c1. The zero-order valence-electron chi connectivity index (χ0n) is 21.6. The largest absolute Gasteiger partial charge is 0.419 e. The number of allylic oxidation sites excluding steroid dienone is 1. The topological polar surface area (TPSA) is 123 Å². The molecule has 0 aliphatic carbocycles. The number of carbonyl (C=O) groups excluding carboxylic acids is 2. The zero-order valence-corrected chi connectivity index (χ0v) is 21.6. The van der Waals surface area contributed by atoms with Crippen LogP contribution < -0.4 is 16.8 Å². The molecular formula is C28H25F6N5O2. The number of alkyl halides is 3. The smallest absolute Gasteiger partial charge is 0.404 e. The molecule has 7 nitrogen and oxygen atoms in total. The molecule has 0 saturated heterocycles. The second kappa shape index (κ2) is 13.1. The molecular weight excluding hydrogens is 552 g/mol. The summed E-state index contributed by atoms with van der Waals surface area (Å²) in [6.45, 7) is 1.52. The predicted octanol–water partition coefficient (Wildman–Crippen LogP) is 4.92. The van der Waals surface area contributed by atoms with Crippen LogP contribution in [-0.2, 0) is 11.2 Å². The highest BCUT2D eigenvalue weighted by Gasteiger charge is 2.33. The number of pyridine rings is 1. The lowest BCUT2D eigenvalue weighted by Gasteiger charge is -2.23. The summed E-state index contributed by atoms with van der Waals surface area (Å²) >= 11 is 0. The molecule has 0 fully saturated rings. The Kier molecular flexibility index (Phi) is 9.87. The van der Waals surface area contributed by atoms with Crippen molar-refractivity contribution in [2.24, 2.45) is 16.5 Å². The van der Waals surface area contributed by atoms with Gasteiger partial charge < -0.3 is 16.8 Å². The number of rotatable bonds is 10. The average molecular weight is 578 g/mol.